The molecule has 6 heteroatoms. The van der Waals surface area contributed by atoms with E-state index in [1.54, 1.807) is 13.8 Å². The molecule has 1 rings (SSSR count). The van der Waals surface area contributed by atoms with Crippen LogP contribution in [0.25, 0.3) is 0 Å². The predicted molar refractivity (Wildman–Crippen MR) is 58.6 cm³/mol. The molecule has 0 aromatic carbocycles. The summed E-state index contributed by atoms with van der Waals surface area (Å²) >= 11 is 0. The second kappa shape index (κ2) is 4.80. The summed E-state index contributed by atoms with van der Waals surface area (Å²) in [7, 11) is 1.52. The predicted octanol–water partition coefficient (Wildman–Crippen LogP) is -1.40. The molecule has 0 saturated carbocycles. The average molecular weight is 229 g/mol. The highest BCUT2D eigenvalue weighted by molar-refractivity contribution is 5.90. The molecule has 0 radical (unpaired) electrons. The number of carbonyl (C=O) groups is 2. The van der Waals surface area contributed by atoms with Gasteiger partial charge in [0.25, 0.3) is 0 Å². The highest BCUT2D eigenvalue weighted by Crippen LogP contribution is 2.27. The summed E-state index contributed by atoms with van der Waals surface area (Å²) in [4.78, 5) is 23.2. The summed E-state index contributed by atoms with van der Waals surface area (Å²) in [6.07, 6.45) is 0. The molecule has 1 heterocycles. The Labute approximate surface area is 94.9 Å². The molecule has 92 valence electrons. The Bertz CT molecular complexity index is 295. The zero-order chi connectivity index (χ0) is 12.3. The number of hydrogen-bond donors (Lipinski definition) is 3. The molecule has 1 saturated heterocycles. The van der Waals surface area contributed by atoms with Crippen molar-refractivity contribution in [1.29, 1.82) is 0 Å². The lowest BCUT2D eigenvalue weighted by molar-refractivity contribution is -0.134. The van der Waals surface area contributed by atoms with Crippen molar-refractivity contribution in [1.82, 2.24) is 10.6 Å². The van der Waals surface area contributed by atoms with Gasteiger partial charge in [0.05, 0.1) is 18.6 Å². The van der Waals surface area contributed by atoms with Crippen LogP contribution in [0.5, 0.6) is 0 Å². The van der Waals surface area contributed by atoms with Crippen LogP contribution < -0.4 is 16.4 Å². The van der Waals surface area contributed by atoms with Crippen LogP contribution in [0.4, 0.5) is 0 Å². The molecule has 0 aromatic heterocycles. The molecule has 1 aliphatic rings. The number of nitrogens with one attached hydrogen (secondary N) is 2. The summed E-state index contributed by atoms with van der Waals surface area (Å²) in [5.41, 5.74) is 5.06. The number of amides is 2. The molecular weight excluding hydrogens is 210 g/mol. The van der Waals surface area contributed by atoms with Crippen molar-refractivity contribution in [2.45, 2.75) is 25.9 Å². The first-order chi connectivity index (χ1) is 7.41. The summed E-state index contributed by atoms with van der Waals surface area (Å²) in [6.45, 7) is 4.04. The van der Waals surface area contributed by atoms with Gasteiger partial charge in [-0.05, 0) is 13.8 Å². The van der Waals surface area contributed by atoms with Gasteiger partial charge < -0.3 is 21.1 Å². The molecule has 0 aliphatic carbocycles. The second-order valence-corrected chi connectivity index (χ2v) is 4.35. The van der Waals surface area contributed by atoms with E-state index in [0.29, 0.717) is 13.2 Å². The number of carbonyl (C=O) groups excluding carboxylic acids is 2. The average Bonchev–Trinajstić information content (AvgIpc) is 2.59. The van der Waals surface area contributed by atoms with Gasteiger partial charge in [-0.15, -0.1) is 0 Å². The van der Waals surface area contributed by atoms with Crippen molar-refractivity contribution in [2.75, 3.05) is 20.3 Å². The number of likely N-dealkylation sites (N-methyl/N-ethyl adjacent to an activating group) is 1. The summed E-state index contributed by atoms with van der Waals surface area (Å²) in [6, 6.07) is -0.897. The minimum absolute atomic E-state index is 0.232. The lowest BCUT2D eigenvalue weighted by Gasteiger charge is -2.27. The maximum Gasteiger partial charge on any atom is 0.242 e. The Hall–Kier alpha value is -1.14. The maximum atomic E-state index is 12.0. The van der Waals surface area contributed by atoms with Crippen LogP contribution in [0.3, 0.4) is 0 Å². The molecule has 3 atom stereocenters. The first kappa shape index (κ1) is 12.9. The van der Waals surface area contributed by atoms with Gasteiger partial charge in [-0.2, -0.15) is 0 Å². The fraction of sp³-hybridized carbons (Fsp3) is 0.800. The monoisotopic (exact) mass is 229 g/mol. The van der Waals surface area contributed by atoms with E-state index in [2.05, 4.69) is 10.6 Å². The zero-order valence-corrected chi connectivity index (χ0v) is 9.87. The Morgan fingerprint density at radius 3 is 2.62 bits per heavy atom. The fourth-order valence-electron chi connectivity index (χ4n) is 1.57. The smallest absolute Gasteiger partial charge is 0.242 e. The largest absolute Gasteiger partial charge is 0.379 e. The maximum absolute atomic E-state index is 12.0. The summed E-state index contributed by atoms with van der Waals surface area (Å²) in [5.74, 6) is -0.474. The van der Waals surface area contributed by atoms with Crippen LogP contribution in [0.15, 0.2) is 0 Å². The number of ether oxygens (including phenoxy) is 1. The Balaban J connectivity index is 2.61. The van der Waals surface area contributed by atoms with E-state index in [1.165, 1.54) is 7.05 Å². The van der Waals surface area contributed by atoms with Crippen LogP contribution in [-0.4, -0.2) is 44.2 Å². The topological polar surface area (TPSA) is 93.5 Å². The van der Waals surface area contributed by atoms with Gasteiger partial charge in [0.1, 0.15) is 6.04 Å². The minimum Gasteiger partial charge on any atom is -0.379 e. The Morgan fingerprint density at radius 1 is 1.56 bits per heavy atom. The lowest BCUT2D eigenvalue weighted by Crippen LogP contribution is -2.54. The molecule has 6 nitrogen and oxygen atoms in total. The van der Waals surface area contributed by atoms with Crippen LogP contribution in [0.2, 0.25) is 0 Å². The van der Waals surface area contributed by atoms with Crippen molar-refractivity contribution >= 4 is 11.8 Å². The number of nitrogens with two attached hydrogens (primary N) is 1. The molecule has 1 fully saturated rings. The van der Waals surface area contributed by atoms with Crippen molar-refractivity contribution in [3.05, 3.63) is 0 Å². The molecule has 4 N–H and O–H groups in total. The normalized spacial score (nSPS) is 30.9. The zero-order valence-electron chi connectivity index (χ0n) is 9.87. The standard InChI is InChI=1S/C10H19N3O3/c1-6(8(14)12-3)13-9(15)10(2)5-16-4-7(10)11/h6-7H,4-5,11H2,1-3H3,(H,12,14)(H,13,15). The van der Waals surface area contributed by atoms with E-state index in [4.69, 9.17) is 10.5 Å². The van der Waals surface area contributed by atoms with Crippen molar-refractivity contribution in [2.24, 2.45) is 11.1 Å². The SMILES string of the molecule is CNC(=O)C(C)NC(=O)C1(C)COCC1N. The van der Waals surface area contributed by atoms with Gasteiger partial charge in [-0.25, -0.2) is 0 Å². The van der Waals surface area contributed by atoms with E-state index in [0.717, 1.165) is 0 Å². The highest BCUT2D eigenvalue weighted by atomic mass is 16.5. The van der Waals surface area contributed by atoms with Crippen molar-refractivity contribution in [3.63, 3.8) is 0 Å². The van der Waals surface area contributed by atoms with Crippen LogP contribution in [0.1, 0.15) is 13.8 Å². The fourth-order valence-corrected chi connectivity index (χ4v) is 1.57. The van der Waals surface area contributed by atoms with Gasteiger partial charge in [-0.1, -0.05) is 0 Å². The number of rotatable bonds is 3. The molecule has 3 unspecified atom stereocenters. The first-order valence-electron chi connectivity index (χ1n) is 5.27. The summed E-state index contributed by atoms with van der Waals surface area (Å²) < 4.78 is 5.18. The first-order valence-corrected chi connectivity index (χ1v) is 5.27. The third-order valence-electron chi connectivity index (χ3n) is 3.02. The minimum atomic E-state index is -0.748. The van der Waals surface area contributed by atoms with E-state index < -0.39 is 11.5 Å². The highest BCUT2D eigenvalue weighted by Gasteiger charge is 2.44. The van der Waals surface area contributed by atoms with Gasteiger partial charge >= 0.3 is 0 Å². The van der Waals surface area contributed by atoms with Gasteiger partial charge in [0, 0.05) is 13.1 Å². The molecule has 16 heavy (non-hydrogen) atoms. The number of hydrogen-bond acceptors (Lipinski definition) is 4. The molecule has 1 aliphatic heterocycles. The lowest BCUT2D eigenvalue weighted by atomic mass is 9.84. The third-order valence-corrected chi connectivity index (χ3v) is 3.02. The second-order valence-electron chi connectivity index (χ2n) is 4.35. The van der Waals surface area contributed by atoms with Crippen molar-refractivity contribution in [3.8, 4) is 0 Å². The molecule has 0 spiro atoms. The molecule has 2 amide bonds. The molecular formula is C10H19N3O3. The van der Waals surface area contributed by atoms with Crippen molar-refractivity contribution < 1.29 is 14.3 Å². The van der Waals surface area contributed by atoms with Gasteiger partial charge in [0.15, 0.2) is 0 Å². The van der Waals surface area contributed by atoms with Crippen LogP contribution in [-0.2, 0) is 14.3 Å². The quantitative estimate of drug-likeness (QED) is 0.555. The van der Waals surface area contributed by atoms with Crippen LogP contribution in [0, 0.1) is 5.41 Å². The van der Waals surface area contributed by atoms with Gasteiger partial charge in [0.2, 0.25) is 11.8 Å². The van der Waals surface area contributed by atoms with E-state index in [-0.39, 0.29) is 17.9 Å². The molecule has 0 aromatic rings. The van der Waals surface area contributed by atoms with E-state index in [9.17, 15) is 9.59 Å². The van der Waals surface area contributed by atoms with E-state index in [1.807, 2.05) is 0 Å². The molecule has 0 bridgehead atoms. The van der Waals surface area contributed by atoms with Crippen LogP contribution >= 0.6 is 0 Å². The Kier molecular flexibility index (Phi) is 3.88. The van der Waals surface area contributed by atoms with E-state index >= 15 is 0 Å². The van der Waals surface area contributed by atoms with Gasteiger partial charge in [-0.3, -0.25) is 9.59 Å². The summed E-state index contributed by atoms with van der Waals surface area (Å²) in [5, 5.41) is 5.10. The third kappa shape index (κ3) is 2.33. The Morgan fingerprint density at radius 2 is 2.19 bits per heavy atom.